The average Bonchev–Trinajstić information content (AvgIpc) is 2.82. The number of benzene rings is 2. The van der Waals surface area contributed by atoms with Gasteiger partial charge in [-0.25, -0.2) is 8.42 Å². The number of anilines is 1. The molecule has 2 aliphatic heterocycles. The van der Waals surface area contributed by atoms with E-state index in [-0.39, 0.29) is 28.7 Å². The van der Waals surface area contributed by atoms with Gasteiger partial charge in [-0.15, -0.1) is 0 Å². The predicted octanol–water partition coefficient (Wildman–Crippen LogP) is 3.06. The van der Waals surface area contributed by atoms with Gasteiger partial charge in [0.1, 0.15) is 16.5 Å². The molecule has 2 N–H and O–H groups in total. The largest absolute Gasteiger partial charge is 0.493 e. The number of nitrogens with zero attached hydrogens (tertiary/aromatic N) is 2. The monoisotopic (exact) mass is 469 g/mol. The Hall–Kier alpha value is -3.84. The van der Waals surface area contributed by atoms with Gasteiger partial charge in [-0.05, 0) is 36.8 Å². The number of rotatable bonds is 5. The van der Waals surface area contributed by atoms with E-state index in [2.05, 4.69) is 0 Å². The fourth-order valence-corrected chi connectivity index (χ4v) is 6.18. The first-order valence-corrected chi connectivity index (χ1v) is 11.5. The third-order valence-electron chi connectivity index (χ3n) is 5.67. The fraction of sp³-hybridized carbons (Fsp3) is 0.261. The Morgan fingerprint density at radius 2 is 1.76 bits per heavy atom. The number of hydrogen-bond acceptors (Lipinski definition) is 8. The van der Waals surface area contributed by atoms with Gasteiger partial charge in [0.05, 0.1) is 32.9 Å². The molecule has 172 valence electrons. The number of para-hydroxylation sites is 1. The number of allylic oxidation sites excluding steroid dienone is 2. The lowest BCUT2D eigenvalue weighted by atomic mass is 9.87. The Balaban J connectivity index is 2.09. The topological polar surface area (TPSA) is 124 Å². The van der Waals surface area contributed by atoms with Gasteiger partial charge in [-0.1, -0.05) is 12.1 Å². The third-order valence-corrected chi connectivity index (χ3v) is 7.68. The van der Waals surface area contributed by atoms with Crippen LogP contribution in [0.15, 0.2) is 52.8 Å². The van der Waals surface area contributed by atoms with E-state index in [0.717, 1.165) is 0 Å². The second-order valence-electron chi connectivity index (χ2n) is 7.26. The molecule has 0 radical (unpaired) electrons. The van der Waals surface area contributed by atoms with Gasteiger partial charge in [0.25, 0.3) is 10.0 Å². The normalized spacial score (nSPS) is 18.6. The summed E-state index contributed by atoms with van der Waals surface area (Å²) in [5, 5.41) is 9.94. The number of methoxy groups -OCH3 is 3. The van der Waals surface area contributed by atoms with Crippen molar-refractivity contribution in [1.29, 1.82) is 5.26 Å². The number of sulfonamides is 1. The van der Waals surface area contributed by atoms with Crippen molar-refractivity contribution in [2.24, 2.45) is 5.73 Å². The minimum Gasteiger partial charge on any atom is -0.493 e. The van der Waals surface area contributed by atoms with E-state index in [9.17, 15) is 13.7 Å². The number of nitriles is 1. The Morgan fingerprint density at radius 3 is 2.30 bits per heavy atom. The Morgan fingerprint density at radius 1 is 1.12 bits per heavy atom. The van der Waals surface area contributed by atoms with E-state index in [1.807, 2.05) is 6.07 Å². The summed E-state index contributed by atoms with van der Waals surface area (Å²) in [4.78, 5) is -0.0666. The molecule has 0 aliphatic carbocycles. The molecular weight excluding hydrogens is 446 g/mol. The van der Waals surface area contributed by atoms with Crippen LogP contribution in [-0.2, 0) is 14.8 Å². The van der Waals surface area contributed by atoms with Crippen LogP contribution < -0.4 is 24.2 Å². The second kappa shape index (κ2) is 8.26. The van der Waals surface area contributed by atoms with E-state index in [1.165, 1.54) is 25.6 Å². The zero-order chi connectivity index (χ0) is 23.9. The van der Waals surface area contributed by atoms with Crippen LogP contribution in [0, 0.1) is 11.3 Å². The molecule has 9 nitrogen and oxygen atoms in total. The zero-order valence-electron chi connectivity index (χ0n) is 18.6. The third kappa shape index (κ3) is 3.24. The van der Waals surface area contributed by atoms with Crippen molar-refractivity contribution < 1.29 is 27.4 Å². The van der Waals surface area contributed by atoms with Crippen molar-refractivity contribution in [2.75, 3.05) is 32.2 Å². The van der Waals surface area contributed by atoms with Crippen molar-refractivity contribution in [3.05, 3.63) is 63.9 Å². The second-order valence-corrected chi connectivity index (χ2v) is 9.09. The summed E-state index contributed by atoms with van der Waals surface area (Å²) < 4.78 is 51.1. The quantitative estimate of drug-likeness (QED) is 0.709. The Kier molecular flexibility index (Phi) is 5.59. The van der Waals surface area contributed by atoms with Gasteiger partial charge in [0, 0.05) is 12.1 Å². The van der Waals surface area contributed by atoms with Crippen molar-refractivity contribution in [1.82, 2.24) is 0 Å². The SMILES string of the molecule is CCN1c2ccccc2C2=C([C@H](c3cc(OC)c(OC)c(OC)c3)C(C#N)=C(N)O2)S1(=O)=O. The van der Waals surface area contributed by atoms with Crippen LogP contribution >= 0.6 is 0 Å². The fourth-order valence-electron chi connectivity index (χ4n) is 4.25. The zero-order valence-corrected chi connectivity index (χ0v) is 19.4. The first-order chi connectivity index (χ1) is 15.8. The van der Waals surface area contributed by atoms with E-state index in [0.29, 0.717) is 34.1 Å². The molecule has 0 unspecified atom stereocenters. The maximum absolute atomic E-state index is 13.9. The molecule has 0 bridgehead atoms. The number of fused-ring (bicyclic) bond motifs is 2. The molecule has 1 atom stereocenters. The molecular formula is C23H23N3O6S. The van der Waals surface area contributed by atoms with E-state index in [4.69, 9.17) is 24.7 Å². The summed E-state index contributed by atoms with van der Waals surface area (Å²) in [6, 6.07) is 12.3. The maximum Gasteiger partial charge on any atom is 0.265 e. The van der Waals surface area contributed by atoms with Crippen LogP contribution in [-0.4, -0.2) is 36.3 Å². The van der Waals surface area contributed by atoms with Crippen molar-refractivity contribution in [2.45, 2.75) is 12.8 Å². The van der Waals surface area contributed by atoms with E-state index < -0.39 is 15.9 Å². The van der Waals surface area contributed by atoms with Crippen LogP contribution in [0.5, 0.6) is 17.2 Å². The lowest BCUT2D eigenvalue weighted by Gasteiger charge is -2.37. The minimum absolute atomic E-state index is 0.0259. The molecule has 0 aromatic heterocycles. The molecule has 0 saturated heterocycles. The van der Waals surface area contributed by atoms with Crippen LogP contribution in [0.4, 0.5) is 5.69 Å². The summed E-state index contributed by atoms with van der Waals surface area (Å²) in [5.74, 6) is -0.127. The summed E-state index contributed by atoms with van der Waals surface area (Å²) in [6.45, 7) is 1.94. The lowest BCUT2D eigenvalue weighted by molar-refractivity contribution is 0.323. The van der Waals surface area contributed by atoms with Crippen LogP contribution in [0.25, 0.3) is 5.76 Å². The minimum atomic E-state index is -4.07. The highest BCUT2D eigenvalue weighted by atomic mass is 32.2. The molecule has 2 heterocycles. The molecule has 10 heteroatoms. The molecule has 2 aliphatic rings. The molecule has 0 spiro atoms. The molecule has 2 aromatic carbocycles. The summed E-state index contributed by atoms with van der Waals surface area (Å²) in [7, 11) is 0.307. The molecule has 0 amide bonds. The van der Waals surface area contributed by atoms with Gasteiger partial charge in [0.15, 0.2) is 17.3 Å². The highest BCUT2D eigenvalue weighted by Crippen LogP contribution is 2.52. The summed E-state index contributed by atoms with van der Waals surface area (Å²) in [5.41, 5.74) is 7.60. The molecule has 0 saturated carbocycles. The number of nitrogens with two attached hydrogens (primary N) is 1. The smallest absolute Gasteiger partial charge is 0.265 e. The van der Waals surface area contributed by atoms with Gasteiger partial charge in [0.2, 0.25) is 11.6 Å². The highest BCUT2D eigenvalue weighted by Gasteiger charge is 2.47. The molecule has 33 heavy (non-hydrogen) atoms. The standard InChI is InChI=1S/C23H23N3O6S/c1-5-26-16-9-7-6-8-14(16)20-22(33(26,27)28)19(15(12-24)23(25)32-20)13-10-17(29-2)21(31-4)18(11-13)30-3/h6-11,19H,5,25H2,1-4H3/t19-/m1/s1. The summed E-state index contributed by atoms with van der Waals surface area (Å²) in [6.07, 6.45) is 0. The highest BCUT2D eigenvalue weighted by molar-refractivity contribution is 7.97. The summed E-state index contributed by atoms with van der Waals surface area (Å²) >= 11 is 0. The van der Waals surface area contributed by atoms with Crippen molar-refractivity contribution in [3.63, 3.8) is 0 Å². The van der Waals surface area contributed by atoms with Gasteiger partial charge in [-0.3, -0.25) is 4.31 Å². The van der Waals surface area contributed by atoms with Crippen molar-refractivity contribution in [3.8, 4) is 23.3 Å². The average molecular weight is 470 g/mol. The first-order valence-electron chi connectivity index (χ1n) is 10.1. The lowest BCUT2D eigenvalue weighted by Crippen LogP contribution is -2.39. The van der Waals surface area contributed by atoms with Crippen LogP contribution in [0.1, 0.15) is 24.0 Å². The van der Waals surface area contributed by atoms with E-state index >= 15 is 0 Å². The predicted molar refractivity (Wildman–Crippen MR) is 122 cm³/mol. The van der Waals surface area contributed by atoms with Gasteiger partial charge < -0.3 is 24.7 Å². The maximum atomic E-state index is 13.9. The first kappa shape index (κ1) is 22.4. The van der Waals surface area contributed by atoms with Gasteiger partial charge in [-0.2, -0.15) is 5.26 Å². The van der Waals surface area contributed by atoms with E-state index in [1.54, 1.807) is 43.3 Å². The molecule has 2 aromatic rings. The Bertz CT molecular complexity index is 1320. The van der Waals surface area contributed by atoms with Crippen LogP contribution in [0.3, 0.4) is 0 Å². The van der Waals surface area contributed by atoms with Gasteiger partial charge >= 0.3 is 0 Å². The molecule has 0 fully saturated rings. The number of ether oxygens (including phenoxy) is 4. The van der Waals surface area contributed by atoms with Crippen molar-refractivity contribution >= 4 is 21.5 Å². The molecule has 4 rings (SSSR count). The Labute approximate surface area is 192 Å². The van der Waals surface area contributed by atoms with Crippen LogP contribution in [0.2, 0.25) is 0 Å². The number of hydrogen-bond donors (Lipinski definition) is 1.